The molecule has 0 saturated carbocycles. The summed E-state index contributed by atoms with van der Waals surface area (Å²) in [5, 5.41) is 34.2. The highest BCUT2D eigenvalue weighted by Gasteiger charge is 2.30. The van der Waals surface area contributed by atoms with Gasteiger partial charge < -0.3 is 9.13 Å². The number of rotatable bonds is 4. The zero-order chi connectivity index (χ0) is 34.6. The maximum Gasteiger partial charge on any atom is 0.0998 e. The second kappa shape index (κ2) is 11.9. The number of para-hydroxylation sites is 3. The van der Waals surface area contributed by atoms with Crippen LogP contribution in [-0.4, -0.2) is 9.13 Å². The third kappa shape index (κ3) is 4.66. The third-order valence-corrected chi connectivity index (χ3v) is 10.5. The van der Waals surface area contributed by atoms with Crippen molar-refractivity contribution in [1.29, 1.82) is 15.8 Å². The van der Waals surface area contributed by atoms with E-state index in [0.717, 1.165) is 61.7 Å². The molecule has 0 fully saturated rings. The molecule has 9 rings (SSSR count). The maximum atomic E-state index is 10.7. The summed E-state index contributed by atoms with van der Waals surface area (Å²) >= 11 is 0. The second-order valence-corrected chi connectivity index (χ2v) is 13.5. The fourth-order valence-electron chi connectivity index (χ4n) is 8.29. The van der Waals surface area contributed by atoms with Gasteiger partial charge in [-0.2, -0.15) is 15.8 Å². The highest BCUT2D eigenvalue weighted by Crippen LogP contribution is 2.44. The van der Waals surface area contributed by atoms with Crippen molar-refractivity contribution in [3.8, 4) is 35.0 Å². The molecule has 0 N–H and O–H groups in total. The summed E-state index contributed by atoms with van der Waals surface area (Å²) < 4.78 is 4.58. The van der Waals surface area contributed by atoms with Gasteiger partial charge in [0, 0.05) is 38.5 Å². The SMILES string of the molecule is CC1C=Cc2c(c3ccccc3n2C2C=CC(c3c(C#N)cccc3-c3ccccc3-n3c4ccccc4c4cc(C#N)ccc43)=CC2C#N)C1. The molecule has 2 aromatic heterocycles. The molecule has 5 nitrogen and oxygen atoms in total. The van der Waals surface area contributed by atoms with Crippen molar-refractivity contribution in [1.82, 2.24) is 9.13 Å². The van der Waals surface area contributed by atoms with Gasteiger partial charge in [-0.1, -0.05) is 98.0 Å². The van der Waals surface area contributed by atoms with Crippen molar-refractivity contribution in [3.63, 3.8) is 0 Å². The molecule has 51 heavy (non-hydrogen) atoms. The first-order chi connectivity index (χ1) is 25.1. The second-order valence-electron chi connectivity index (χ2n) is 13.5. The number of benzene rings is 5. The smallest absolute Gasteiger partial charge is 0.0998 e. The molecule has 7 aromatic rings. The Bertz CT molecular complexity index is 2800. The van der Waals surface area contributed by atoms with E-state index >= 15 is 0 Å². The van der Waals surface area contributed by atoms with E-state index in [1.807, 2.05) is 60.7 Å². The topological polar surface area (TPSA) is 81.2 Å². The van der Waals surface area contributed by atoms with Crippen LogP contribution in [0.5, 0.6) is 0 Å². The Hall–Kier alpha value is -6.87. The normalized spacial score (nSPS) is 17.9. The fourth-order valence-corrected chi connectivity index (χ4v) is 8.29. The molecular weight excluding hydrogens is 623 g/mol. The number of nitriles is 3. The largest absolute Gasteiger partial charge is 0.332 e. The van der Waals surface area contributed by atoms with Gasteiger partial charge in [-0.25, -0.2) is 0 Å². The number of hydrogen-bond acceptors (Lipinski definition) is 3. The van der Waals surface area contributed by atoms with E-state index in [0.29, 0.717) is 17.0 Å². The van der Waals surface area contributed by atoms with E-state index in [2.05, 4.69) is 113 Å². The highest BCUT2D eigenvalue weighted by atomic mass is 15.0. The molecule has 2 heterocycles. The van der Waals surface area contributed by atoms with Crippen molar-refractivity contribution in [3.05, 3.63) is 161 Å². The number of allylic oxidation sites excluding steroid dienone is 5. The zero-order valence-corrected chi connectivity index (χ0v) is 28.0. The van der Waals surface area contributed by atoms with Crippen LogP contribution in [0.4, 0.5) is 0 Å². The van der Waals surface area contributed by atoms with Crippen molar-refractivity contribution < 1.29 is 0 Å². The van der Waals surface area contributed by atoms with Crippen LogP contribution in [0.3, 0.4) is 0 Å². The van der Waals surface area contributed by atoms with E-state index in [1.54, 1.807) is 0 Å². The number of aromatic nitrogens is 2. The van der Waals surface area contributed by atoms with E-state index in [4.69, 9.17) is 0 Å². The molecule has 5 aromatic carbocycles. The molecule has 0 saturated heterocycles. The minimum atomic E-state index is -0.459. The lowest BCUT2D eigenvalue weighted by atomic mass is 9.84. The Labute approximate surface area is 296 Å². The quantitative estimate of drug-likeness (QED) is 0.190. The summed E-state index contributed by atoms with van der Waals surface area (Å²) in [5.74, 6) is -0.00241. The summed E-state index contributed by atoms with van der Waals surface area (Å²) in [6.45, 7) is 2.24. The fraction of sp³-hybridized carbons (Fsp3) is 0.109. The van der Waals surface area contributed by atoms with Crippen LogP contribution in [0.2, 0.25) is 0 Å². The number of hydrogen-bond donors (Lipinski definition) is 0. The first kappa shape index (κ1) is 30.2. The summed E-state index contributed by atoms with van der Waals surface area (Å²) in [7, 11) is 0. The zero-order valence-electron chi connectivity index (χ0n) is 28.0. The third-order valence-electron chi connectivity index (χ3n) is 10.5. The van der Waals surface area contributed by atoms with Crippen molar-refractivity contribution >= 4 is 44.4 Å². The lowest BCUT2D eigenvalue weighted by Crippen LogP contribution is -2.19. The van der Waals surface area contributed by atoms with Gasteiger partial charge in [-0.15, -0.1) is 0 Å². The molecule has 0 bridgehead atoms. The molecule has 2 aliphatic rings. The number of fused-ring (bicyclic) bond motifs is 6. The van der Waals surface area contributed by atoms with Crippen molar-refractivity contribution in [2.45, 2.75) is 19.4 Å². The van der Waals surface area contributed by atoms with E-state index in [1.165, 1.54) is 16.6 Å². The Morgan fingerprint density at radius 1 is 0.667 bits per heavy atom. The Kier molecular flexibility index (Phi) is 7.06. The molecule has 5 heteroatoms. The molecule has 0 amide bonds. The van der Waals surface area contributed by atoms with Crippen LogP contribution in [0.15, 0.2) is 133 Å². The van der Waals surface area contributed by atoms with Gasteiger partial charge >= 0.3 is 0 Å². The standard InChI is InChI=1S/C46H31N5/c1-29-17-20-44-38(23-29)35-11-3-6-15-42(35)50(44)40-22-19-31(25-33(40)28-49)46-32(27-48)9-8-13-37(46)34-10-2-5-14-41(34)51-43-16-7-4-12-36(43)39-24-30(26-47)18-21-45(39)51/h2-22,24-25,29,33,40H,23H2,1H3. The molecular formula is C46H31N5. The minimum Gasteiger partial charge on any atom is -0.332 e. The minimum absolute atomic E-state index is 0.202. The molecule has 0 aliphatic heterocycles. The van der Waals surface area contributed by atoms with Gasteiger partial charge in [0.25, 0.3) is 0 Å². The summed E-state index contributed by atoms with van der Waals surface area (Å²) in [5.41, 5.74) is 11.3. The predicted octanol–water partition coefficient (Wildman–Crippen LogP) is 10.7. The Morgan fingerprint density at radius 3 is 2.24 bits per heavy atom. The summed E-state index contributed by atoms with van der Waals surface area (Å²) in [6, 6.07) is 43.9. The monoisotopic (exact) mass is 653 g/mol. The Morgan fingerprint density at radius 2 is 1.41 bits per heavy atom. The molecule has 240 valence electrons. The van der Waals surface area contributed by atoms with Crippen LogP contribution in [0.25, 0.3) is 61.2 Å². The average Bonchev–Trinajstić information content (AvgIpc) is 3.69. The van der Waals surface area contributed by atoms with Gasteiger partial charge in [-0.3, -0.25) is 0 Å². The molecule has 0 radical (unpaired) electrons. The van der Waals surface area contributed by atoms with E-state index < -0.39 is 5.92 Å². The maximum absolute atomic E-state index is 10.7. The summed E-state index contributed by atoms with van der Waals surface area (Å²) in [6.07, 6.45) is 11.7. The van der Waals surface area contributed by atoms with Gasteiger partial charge in [-0.05, 0) is 77.6 Å². The van der Waals surface area contributed by atoms with E-state index in [9.17, 15) is 15.8 Å². The average molecular weight is 654 g/mol. The highest BCUT2D eigenvalue weighted by molar-refractivity contribution is 6.10. The van der Waals surface area contributed by atoms with Gasteiger partial charge in [0.05, 0.1) is 58.0 Å². The van der Waals surface area contributed by atoms with Crippen LogP contribution in [0.1, 0.15) is 40.9 Å². The number of nitrogens with zero attached hydrogens (tertiary/aromatic N) is 5. The molecule has 3 atom stereocenters. The van der Waals surface area contributed by atoms with E-state index in [-0.39, 0.29) is 6.04 Å². The lowest BCUT2D eigenvalue weighted by Gasteiger charge is -2.27. The summed E-state index contributed by atoms with van der Waals surface area (Å²) in [4.78, 5) is 0. The Balaban J connectivity index is 1.22. The van der Waals surface area contributed by atoms with Gasteiger partial charge in [0.1, 0.15) is 0 Å². The van der Waals surface area contributed by atoms with Gasteiger partial charge in [0.15, 0.2) is 0 Å². The predicted molar refractivity (Wildman–Crippen MR) is 205 cm³/mol. The van der Waals surface area contributed by atoms with Crippen LogP contribution in [-0.2, 0) is 6.42 Å². The molecule has 0 spiro atoms. The molecule has 3 unspecified atom stereocenters. The first-order valence-corrected chi connectivity index (χ1v) is 17.3. The molecule has 2 aliphatic carbocycles. The lowest BCUT2D eigenvalue weighted by molar-refractivity contribution is 0.541. The van der Waals surface area contributed by atoms with Gasteiger partial charge in [0.2, 0.25) is 0 Å². The van der Waals surface area contributed by atoms with Crippen LogP contribution in [0, 0.1) is 45.8 Å². The first-order valence-electron chi connectivity index (χ1n) is 17.3. The van der Waals surface area contributed by atoms with Crippen LogP contribution < -0.4 is 0 Å². The van der Waals surface area contributed by atoms with Crippen molar-refractivity contribution in [2.24, 2.45) is 11.8 Å². The van der Waals surface area contributed by atoms with Crippen molar-refractivity contribution in [2.75, 3.05) is 0 Å². The van der Waals surface area contributed by atoms with Crippen LogP contribution >= 0.6 is 0 Å².